The lowest BCUT2D eigenvalue weighted by Gasteiger charge is -2.03. The van der Waals surface area contributed by atoms with Crippen molar-refractivity contribution in [2.24, 2.45) is 0 Å². The number of hydrogen-bond donors (Lipinski definition) is 1. The van der Waals surface area contributed by atoms with Crippen LogP contribution in [0.15, 0.2) is 53.0 Å². The van der Waals surface area contributed by atoms with E-state index in [1.54, 1.807) is 12.1 Å². The zero-order valence-electron chi connectivity index (χ0n) is 14.2. The van der Waals surface area contributed by atoms with Gasteiger partial charge in [-0.15, -0.1) is 0 Å². The van der Waals surface area contributed by atoms with Crippen molar-refractivity contribution in [2.45, 2.75) is 6.92 Å². The third kappa shape index (κ3) is 2.80. The fourth-order valence-electron chi connectivity index (χ4n) is 2.94. The van der Waals surface area contributed by atoms with Crippen LogP contribution < -0.4 is 0 Å². The number of benzene rings is 2. The quantitative estimate of drug-likeness (QED) is 0.511. The number of esters is 1. The Hall–Kier alpha value is -2.93. The largest absolute Gasteiger partial charge is 0.465 e. The molecule has 2 heterocycles. The van der Waals surface area contributed by atoms with Gasteiger partial charge in [-0.3, -0.25) is 9.67 Å². The normalized spacial score (nSPS) is 11.0. The highest BCUT2D eigenvalue weighted by Crippen LogP contribution is 2.25. The average Bonchev–Trinajstić information content (AvgIpc) is 3.24. The van der Waals surface area contributed by atoms with Crippen molar-refractivity contribution in [2.75, 3.05) is 7.11 Å². The maximum absolute atomic E-state index is 11.7. The molecule has 0 saturated carbocycles. The monoisotopic (exact) mass is 410 g/mol. The summed E-state index contributed by atoms with van der Waals surface area (Å²) in [6.45, 7) is 1.91. The summed E-state index contributed by atoms with van der Waals surface area (Å²) >= 11 is 3.44. The summed E-state index contributed by atoms with van der Waals surface area (Å²) in [6, 6.07) is 15.3. The summed E-state index contributed by atoms with van der Waals surface area (Å²) in [5, 5.41) is 7.51. The molecule has 0 spiro atoms. The van der Waals surface area contributed by atoms with Crippen LogP contribution in [0, 0.1) is 6.92 Å². The summed E-state index contributed by atoms with van der Waals surface area (Å²) in [7, 11) is 1.36. The number of carbonyl (C=O) groups excluding carboxylic acids is 1. The van der Waals surface area contributed by atoms with Crippen LogP contribution in [0.1, 0.15) is 16.2 Å². The molecule has 4 aromatic rings. The van der Waals surface area contributed by atoms with Crippen LogP contribution in [0.3, 0.4) is 0 Å². The highest BCUT2D eigenvalue weighted by molar-refractivity contribution is 9.10. The van der Waals surface area contributed by atoms with E-state index in [9.17, 15) is 4.79 Å². The summed E-state index contributed by atoms with van der Waals surface area (Å²) in [5.74, 6) is 1.15. The lowest BCUT2D eigenvalue weighted by molar-refractivity contribution is 0.0601. The van der Waals surface area contributed by atoms with E-state index in [-0.39, 0.29) is 5.97 Å². The van der Waals surface area contributed by atoms with Crippen LogP contribution >= 0.6 is 15.9 Å². The molecular weight excluding hydrogens is 396 g/mol. The van der Waals surface area contributed by atoms with Gasteiger partial charge in [0.15, 0.2) is 5.82 Å². The van der Waals surface area contributed by atoms with Gasteiger partial charge in [0.05, 0.1) is 29.4 Å². The number of hydrogen-bond acceptors (Lipinski definition) is 4. The van der Waals surface area contributed by atoms with Crippen molar-refractivity contribution >= 4 is 32.9 Å². The molecular formula is C19H15BrN4O2. The maximum Gasteiger partial charge on any atom is 0.337 e. The number of fused-ring (bicyclic) bond motifs is 1. The molecule has 0 bridgehead atoms. The molecule has 0 aliphatic rings. The molecule has 0 unspecified atom stereocenters. The number of rotatable bonds is 3. The SMILES string of the molecule is COC(=O)c1ccc2c(c1)nc(C)n2-c1cc(-c2ccc(Br)cc2)[nH]n1. The third-order valence-corrected chi connectivity index (χ3v) is 4.72. The van der Waals surface area contributed by atoms with Gasteiger partial charge in [0.2, 0.25) is 0 Å². The minimum absolute atomic E-state index is 0.378. The van der Waals surface area contributed by atoms with Gasteiger partial charge < -0.3 is 4.74 Å². The Bertz CT molecular complexity index is 1110. The Morgan fingerprint density at radius 2 is 1.92 bits per heavy atom. The number of aromatic nitrogens is 4. The number of methoxy groups -OCH3 is 1. The van der Waals surface area contributed by atoms with Crippen molar-refractivity contribution in [3.8, 4) is 17.1 Å². The van der Waals surface area contributed by atoms with E-state index in [4.69, 9.17) is 4.74 Å². The van der Waals surface area contributed by atoms with Gasteiger partial charge in [0.1, 0.15) is 5.82 Å². The van der Waals surface area contributed by atoms with Crippen molar-refractivity contribution in [1.29, 1.82) is 0 Å². The van der Waals surface area contributed by atoms with E-state index in [1.807, 2.05) is 47.9 Å². The molecule has 0 atom stereocenters. The van der Waals surface area contributed by atoms with Crippen LogP contribution in [-0.4, -0.2) is 32.8 Å². The van der Waals surface area contributed by atoms with Gasteiger partial charge in [0, 0.05) is 10.5 Å². The van der Waals surface area contributed by atoms with E-state index >= 15 is 0 Å². The Morgan fingerprint density at radius 1 is 1.15 bits per heavy atom. The average molecular weight is 411 g/mol. The number of nitrogens with one attached hydrogen (secondary N) is 1. The van der Waals surface area contributed by atoms with Crippen LogP contribution in [0.5, 0.6) is 0 Å². The highest BCUT2D eigenvalue weighted by atomic mass is 79.9. The Balaban J connectivity index is 1.78. The predicted octanol–water partition coefficient (Wildman–Crippen LogP) is 4.27. The molecule has 130 valence electrons. The second-order valence-corrected chi connectivity index (χ2v) is 6.75. The highest BCUT2D eigenvalue weighted by Gasteiger charge is 2.15. The number of nitrogens with zero attached hydrogens (tertiary/aromatic N) is 3. The van der Waals surface area contributed by atoms with Gasteiger partial charge >= 0.3 is 5.97 Å². The number of aryl methyl sites for hydroxylation is 1. The molecule has 26 heavy (non-hydrogen) atoms. The van der Waals surface area contributed by atoms with Crippen LogP contribution in [-0.2, 0) is 4.74 Å². The van der Waals surface area contributed by atoms with Gasteiger partial charge in [-0.2, -0.15) is 5.10 Å². The summed E-state index contributed by atoms with van der Waals surface area (Å²) < 4.78 is 7.75. The molecule has 6 nitrogen and oxygen atoms in total. The number of H-pyrrole nitrogens is 1. The van der Waals surface area contributed by atoms with E-state index in [0.29, 0.717) is 5.56 Å². The van der Waals surface area contributed by atoms with Crippen molar-refractivity contribution in [3.05, 3.63) is 64.4 Å². The minimum atomic E-state index is -0.378. The second-order valence-electron chi connectivity index (χ2n) is 5.84. The number of aromatic amines is 1. The molecule has 2 aromatic heterocycles. The van der Waals surface area contributed by atoms with Crippen molar-refractivity contribution in [1.82, 2.24) is 19.7 Å². The first kappa shape index (κ1) is 16.5. The number of carbonyl (C=O) groups is 1. The Labute approximate surface area is 158 Å². The molecule has 0 aliphatic heterocycles. The van der Waals surface area contributed by atoms with Crippen LogP contribution in [0.2, 0.25) is 0 Å². The molecule has 4 rings (SSSR count). The fraction of sp³-hybridized carbons (Fsp3) is 0.105. The van der Waals surface area contributed by atoms with E-state index < -0.39 is 0 Å². The summed E-state index contributed by atoms with van der Waals surface area (Å²) in [6.07, 6.45) is 0. The smallest absolute Gasteiger partial charge is 0.337 e. The van der Waals surface area contributed by atoms with Crippen molar-refractivity contribution < 1.29 is 9.53 Å². The predicted molar refractivity (Wildman–Crippen MR) is 102 cm³/mol. The van der Waals surface area contributed by atoms with Crippen LogP contribution in [0.25, 0.3) is 28.1 Å². The number of ether oxygens (including phenoxy) is 1. The summed E-state index contributed by atoms with van der Waals surface area (Å²) in [4.78, 5) is 16.3. The fourth-order valence-corrected chi connectivity index (χ4v) is 3.20. The molecule has 0 fully saturated rings. The molecule has 1 N–H and O–H groups in total. The number of halogens is 1. The second kappa shape index (κ2) is 6.42. The topological polar surface area (TPSA) is 72.8 Å². The van der Waals surface area contributed by atoms with E-state index in [2.05, 4.69) is 31.1 Å². The first-order valence-corrected chi connectivity index (χ1v) is 8.75. The molecule has 2 aromatic carbocycles. The van der Waals surface area contributed by atoms with Crippen molar-refractivity contribution in [3.63, 3.8) is 0 Å². The standard InChI is InChI=1S/C19H15BrN4O2/c1-11-21-16-9-13(19(25)26-2)5-8-17(16)24(11)18-10-15(22-23-18)12-3-6-14(20)7-4-12/h3-10H,1-2H3,(H,22,23). The Kier molecular flexibility index (Phi) is 4.08. The van der Waals surface area contributed by atoms with Gasteiger partial charge in [-0.1, -0.05) is 28.1 Å². The Morgan fingerprint density at radius 3 is 2.65 bits per heavy atom. The zero-order valence-corrected chi connectivity index (χ0v) is 15.7. The first-order chi connectivity index (χ1) is 12.6. The first-order valence-electron chi connectivity index (χ1n) is 7.96. The van der Waals surface area contributed by atoms with Gasteiger partial charge in [0.25, 0.3) is 0 Å². The van der Waals surface area contributed by atoms with E-state index in [1.165, 1.54) is 7.11 Å². The molecule has 0 amide bonds. The minimum Gasteiger partial charge on any atom is -0.465 e. The summed E-state index contributed by atoms with van der Waals surface area (Å²) in [5.41, 5.74) is 4.03. The zero-order chi connectivity index (χ0) is 18.3. The van der Waals surface area contributed by atoms with Gasteiger partial charge in [-0.25, -0.2) is 9.78 Å². The van der Waals surface area contributed by atoms with Gasteiger partial charge in [-0.05, 0) is 42.8 Å². The van der Waals surface area contributed by atoms with E-state index in [0.717, 1.165) is 38.4 Å². The third-order valence-electron chi connectivity index (χ3n) is 4.19. The molecule has 0 saturated heterocycles. The molecule has 0 radical (unpaired) electrons. The van der Waals surface area contributed by atoms with Crippen LogP contribution in [0.4, 0.5) is 0 Å². The lowest BCUT2D eigenvalue weighted by Crippen LogP contribution is -2.01. The number of imidazole rings is 1. The molecule has 0 aliphatic carbocycles. The lowest BCUT2D eigenvalue weighted by atomic mass is 10.1. The molecule has 7 heteroatoms. The maximum atomic E-state index is 11.7.